The first-order chi connectivity index (χ1) is 10.4. The van der Waals surface area contributed by atoms with Crippen LogP contribution in [0.25, 0.3) is 10.4 Å². The Labute approximate surface area is 141 Å². The number of thiophene rings is 1. The Hall–Kier alpha value is -1.56. The predicted octanol–water partition coefficient (Wildman–Crippen LogP) is 3.88. The van der Waals surface area contributed by atoms with E-state index in [0.29, 0.717) is 27.0 Å². The molecule has 22 heavy (non-hydrogen) atoms. The minimum Gasteiger partial charge on any atom is -0.365 e. The average Bonchev–Trinajstić information content (AvgIpc) is 2.74. The molecule has 0 spiro atoms. The summed E-state index contributed by atoms with van der Waals surface area (Å²) in [5, 5.41) is 4.28. The van der Waals surface area contributed by atoms with Crippen molar-refractivity contribution in [1.29, 1.82) is 0 Å². The van der Waals surface area contributed by atoms with E-state index in [2.05, 4.69) is 5.32 Å². The second kappa shape index (κ2) is 5.57. The molecule has 1 aromatic heterocycles. The predicted molar refractivity (Wildman–Crippen MR) is 90.0 cm³/mol. The van der Waals surface area contributed by atoms with Gasteiger partial charge in [-0.05, 0) is 36.1 Å². The fraction of sp³-hybridized carbons (Fsp3) is 0.200. The fourth-order valence-electron chi connectivity index (χ4n) is 2.75. The van der Waals surface area contributed by atoms with Gasteiger partial charge in [0.2, 0.25) is 5.91 Å². The highest BCUT2D eigenvalue weighted by molar-refractivity contribution is 7.20. The fourth-order valence-corrected chi connectivity index (χ4v) is 4.83. The maximum absolute atomic E-state index is 11.8. The summed E-state index contributed by atoms with van der Waals surface area (Å²) in [5.74, 6) is -0.793. The summed E-state index contributed by atoms with van der Waals surface area (Å²) in [6.07, 6.45) is 1.38. The van der Waals surface area contributed by atoms with Gasteiger partial charge < -0.3 is 11.1 Å². The molecule has 0 atom stereocenters. The second-order valence-corrected chi connectivity index (χ2v) is 6.95. The van der Waals surface area contributed by atoms with Gasteiger partial charge in [0, 0.05) is 22.4 Å². The molecule has 1 heterocycles. The zero-order valence-electron chi connectivity index (χ0n) is 11.6. The monoisotopic (exact) mass is 354 g/mol. The Morgan fingerprint density at radius 2 is 2.00 bits per heavy atom. The number of rotatable bonds is 2. The van der Waals surface area contributed by atoms with Gasteiger partial charge in [0.1, 0.15) is 5.00 Å². The minimum atomic E-state index is -0.546. The molecule has 4 nitrogen and oxygen atoms in total. The molecule has 2 amide bonds. The van der Waals surface area contributed by atoms with Crippen LogP contribution in [0.4, 0.5) is 5.00 Å². The molecule has 3 N–H and O–H groups in total. The smallest absolute Gasteiger partial charge is 0.252 e. The van der Waals surface area contributed by atoms with Crippen molar-refractivity contribution in [3.05, 3.63) is 38.9 Å². The summed E-state index contributed by atoms with van der Waals surface area (Å²) in [4.78, 5) is 24.0. The summed E-state index contributed by atoms with van der Waals surface area (Å²) in [6, 6.07) is 3.56. The maximum Gasteiger partial charge on any atom is 0.252 e. The highest BCUT2D eigenvalue weighted by atomic mass is 35.5. The second-order valence-electron chi connectivity index (χ2n) is 5.08. The molecule has 0 unspecified atom stereocenters. The normalized spacial score (nSPS) is 12.5. The number of nitrogens with two attached hydrogens (primary N) is 1. The molecular weight excluding hydrogens is 343 g/mol. The quantitative estimate of drug-likeness (QED) is 0.858. The van der Waals surface area contributed by atoms with Crippen molar-refractivity contribution >= 4 is 51.4 Å². The number of halogens is 2. The summed E-state index contributed by atoms with van der Waals surface area (Å²) in [7, 11) is 0. The number of anilines is 1. The van der Waals surface area contributed by atoms with Crippen LogP contribution in [0.1, 0.15) is 28.4 Å². The van der Waals surface area contributed by atoms with Gasteiger partial charge in [0.25, 0.3) is 5.91 Å². The molecular formula is C15H12Cl2N2O2S. The van der Waals surface area contributed by atoms with E-state index in [4.69, 9.17) is 28.9 Å². The number of carbonyl (C=O) groups is 2. The summed E-state index contributed by atoms with van der Waals surface area (Å²) < 4.78 is 0. The lowest BCUT2D eigenvalue weighted by Crippen LogP contribution is -2.17. The van der Waals surface area contributed by atoms with Crippen LogP contribution in [-0.2, 0) is 17.6 Å². The van der Waals surface area contributed by atoms with Crippen molar-refractivity contribution in [2.24, 2.45) is 5.73 Å². The summed E-state index contributed by atoms with van der Waals surface area (Å²) >= 11 is 13.7. The van der Waals surface area contributed by atoms with Gasteiger partial charge in [0.05, 0.1) is 10.6 Å². The number of aryl methyl sites for hydroxylation is 1. The number of nitrogens with one attached hydrogen (secondary N) is 1. The third-order valence-corrected chi connectivity index (χ3v) is 5.23. The Bertz CT molecular complexity index is 814. The first kappa shape index (κ1) is 15.3. The summed E-state index contributed by atoms with van der Waals surface area (Å²) in [5.41, 5.74) is 8.64. The Morgan fingerprint density at radius 3 is 2.64 bits per heavy atom. The van der Waals surface area contributed by atoms with E-state index in [1.165, 1.54) is 18.3 Å². The maximum atomic E-state index is 11.8. The molecule has 0 bridgehead atoms. The number of primary amides is 1. The number of fused-ring (bicyclic) bond motifs is 3. The van der Waals surface area contributed by atoms with Gasteiger partial charge in [-0.25, -0.2) is 0 Å². The van der Waals surface area contributed by atoms with Crippen LogP contribution in [0.5, 0.6) is 0 Å². The third-order valence-electron chi connectivity index (χ3n) is 3.55. The molecule has 114 valence electrons. The van der Waals surface area contributed by atoms with Crippen molar-refractivity contribution in [1.82, 2.24) is 0 Å². The van der Waals surface area contributed by atoms with Crippen LogP contribution >= 0.6 is 34.5 Å². The number of hydrogen-bond donors (Lipinski definition) is 2. The zero-order chi connectivity index (χ0) is 16.0. The first-order valence-corrected chi connectivity index (χ1v) is 8.17. The Kier molecular flexibility index (Phi) is 3.89. The van der Waals surface area contributed by atoms with Crippen LogP contribution in [0.2, 0.25) is 10.0 Å². The van der Waals surface area contributed by atoms with Crippen LogP contribution in [0, 0.1) is 0 Å². The van der Waals surface area contributed by atoms with Crippen LogP contribution in [0.15, 0.2) is 12.1 Å². The lowest BCUT2D eigenvalue weighted by molar-refractivity contribution is -0.114. The van der Waals surface area contributed by atoms with Gasteiger partial charge >= 0.3 is 0 Å². The SMILES string of the molecule is CC(=O)Nc1sc2c(c1C(N)=O)CCc1cc(Cl)cc(Cl)c1-2. The third kappa shape index (κ3) is 2.49. The Balaban J connectivity index is 2.26. The first-order valence-electron chi connectivity index (χ1n) is 6.59. The number of benzene rings is 1. The minimum absolute atomic E-state index is 0.247. The van der Waals surface area contributed by atoms with Gasteiger partial charge in [-0.3, -0.25) is 9.59 Å². The van der Waals surface area contributed by atoms with E-state index in [1.54, 1.807) is 6.07 Å². The molecule has 1 aliphatic rings. The lowest BCUT2D eigenvalue weighted by Gasteiger charge is -2.18. The van der Waals surface area contributed by atoms with Crippen LogP contribution in [-0.4, -0.2) is 11.8 Å². The van der Waals surface area contributed by atoms with E-state index in [-0.39, 0.29) is 5.91 Å². The van der Waals surface area contributed by atoms with E-state index in [0.717, 1.165) is 28.0 Å². The van der Waals surface area contributed by atoms with Crippen molar-refractivity contribution in [2.45, 2.75) is 19.8 Å². The molecule has 0 fully saturated rings. The number of carbonyl (C=O) groups excluding carboxylic acids is 2. The topological polar surface area (TPSA) is 72.2 Å². The molecule has 1 aliphatic carbocycles. The molecule has 0 saturated heterocycles. The molecule has 3 rings (SSSR count). The lowest BCUT2D eigenvalue weighted by atomic mass is 9.89. The molecule has 7 heteroatoms. The highest BCUT2D eigenvalue weighted by Gasteiger charge is 2.29. The van der Waals surface area contributed by atoms with Gasteiger partial charge in [-0.2, -0.15) is 0 Å². The van der Waals surface area contributed by atoms with Gasteiger partial charge in [-0.1, -0.05) is 23.2 Å². The zero-order valence-corrected chi connectivity index (χ0v) is 14.0. The van der Waals surface area contributed by atoms with Crippen LogP contribution in [0.3, 0.4) is 0 Å². The number of amides is 2. The van der Waals surface area contributed by atoms with E-state index in [1.807, 2.05) is 6.07 Å². The Morgan fingerprint density at radius 1 is 1.27 bits per heavy atom. The van der Waals surface area contributed by atoms with Gasteiger partial charge in [0.15, 0.2) is 0 Å². The summed E-state index contributed by atoms with van der Waals surface area (Å²) in [6.45, 7) is 1.39. The average molecular weight is 355 g/mol. The van der Waals surface area contributed by atoms with Crippen molar-refractivity contribution < 1.29 is 9.59 Å². The van der Waals surface area contributed by atoms with E-state index in [9.17, 15) is 9.59 Å². The van der Waals surface area contributed by atoms with Crippen molar-refractivity contribution in [2.75, 3.05) is 5.32 Å². The van der Waals surface area contributed by atoms with Crippen LogP contribution < -0.4 is 11.1 Å². The molecule has 2 aromatic rings. The van der Waals surface area contributed by atoms with Gasteiger partial charge in [-0.15, -0.1) is 11.3 Å². The van der Waals surface area contributed by atoms with E-state index < -0.39 is 5.91 Å². The number of hydrogen-bond acceptors (Lipinski definition) is 3. The molecule has 0 aliphatic heterocycles. The molecule has 0 radical (unpaired) electrons. The highest BCUT2D eigenvalue weighted by Crippen LogP contribution is 2.48. The van der Waals surface area contributed by atoms with Crippen molar-refractivity contribution in [3.8, 4) is 10.4 Å². The molecule has 1 aromatic carbocycles. The van der Waals surface area contributed by atoms with E-state index >= 15 is 0 Å². The van der Waals surface area contributed by atoms with Crippen molar-refractivity contribution in [3.63, 3.8) is 0 Å². The standard InChI is InChI=1S/C15H12Cl2N2O2S/c1-6(20)19-15-12(14(18)21)9-3-2-7-4-8(16)5-10(17)11(7)13(9)22-15/h4-5H,2-3H2,1H3,(H2,18,21)(H,19,20). The molecule has 0 saturated carbocycles. The largest absolute Gasteiger partial charge is 0.365 e.